The predicted octanol–water partition coefficient (Wildman–Crippen LogP) is 0.524. The molecule has 0 aromatic carbocycles. The van der Waals surface area contributed by atoms with E-state index in [4.69, 9.17) is 5.11 Å². The molecule has 0 saturated carbocycles. The van der Waals surface area contributed by atoms with Crippen molar-refractivity contribution in [2.75, 3.05) is 24.6 Å². The number of aliphatic carboxylic acids is 1. The Bertz CT molecular complexity index is 423. The molecule has 0 bridgehead atoms. The van der Waals surface area contributed by atoms with Gasteiger partial charge in [0.15, 0.2) is 9.84 Å². The highest BCUT2D eigenvalue weighted by molar-refractivity contribution is 7.92. The Hall–Kier alpha value is -1.11. The van der Waals surface area contributed by atoms with Crippen LogP contribution in [0.5, 0.6) is 0 Å². The molecule has 19 heavy (non-hydrogen) atoms. The fourth-order valence-corrected chi connectivity index (χ4v) is 3.52. The van der Waals surface area contributed by atoms with Gasteiger partial charge in [0.2, 0.25) is 5.91 Å². The molecule has 1 saturated heterocycles. The molecule has 0 radical (unpaired) electrons. The first kappa shape index (κ1) is 15.9. The normalized spacial score (nSPS) is 17.4. The molecule has 0 aromatic rings. The van der Waals surface area contributed by atoms with Crippen molar-refractivity contribution in [3.63, 3.8) is 0 Å². The minimum absolute atomic E-state index is 0.0425. The van der Waals surface area contributed by atoms with E-state index in [0.717, 1.165) is 6.42 Å². The molecular weight excluding hydrogens is 270 g/mol. The number of carboxylic acid groups (broad SMARTS) is 1. The quantitative estimate of drug-likeness (QED) is 0.770. The number of amides is 1. The number of nitrogens with zero attached hydrogens (tertiary/aromatic N) is 1. The number of rotatable bonds is 6. The number of hydrogen-bond acceptors (Lipinski definition) is 4. The summed E-state index contributed by atoms with van der Waals surface area (Å²) in [5.41, 5.74) is 0. The van der Waals surface area contributed by atoms with Gasteiger partial charge in [-0.15, -0.1) is 0 Å². The molecule has 1 aliphatic heterocycles. The molecule has 7 heteroatoms. The lowest BCUT2D eigenvalue weighted by Gasteiger charge is -2.30. The SMILES string of the molecule is CCCCS(=O)(=O)CC(=O)N1CCC(C(=O)O)CC1. The fourth-order valence-electron chi connectivity index (χ4n) is 2.09. The van der Waals surface area contributed by atoms with Crippen molar-refractivity contribution in [3.8, 4) is 0 Å². The molecule has 0 spiro atoms. The molecule has 6 nitrogen and oxygen atoms in total. The van der Waals surface area contributed by atoms with E-state index in [1.165, 1.54) is 4.90 Å². The number of carboxylic acids is 1. The third kappa shape index (κ3) is 5.18. The standard InChI is InChI=1S/C12H21NO5S/c1-2-3-8-19(17,18)9-11(14)13-6-4-10(5-7-13)12(15)16/h10H,2-9H2,1H3,(H,15,16). The maximum atomic E-state index is 11.9. The Labute approximate surface area is 113 Å². The summed E-state index contributed by atoms with van der Waals surface area (Å²) in [5, 5.41) is 8.85. The van der Waals surface area contributed by atoms with Crippen molar-refractivity contribution >= 4 is 21.7 Å². The van der Waals surface area contributed by atoms with Crippen molar-refractivity contribution in [1.29, 1.82) is 0 Å². The fraction of sp³-hybridized carbons (Fsp3) is 0.833. The van der Waals surface area contributed by atoms with Gasteiger partial charge >= 0.3 is 5.97 Å². The summed E-state index contributed by atoms with van der Waals surface area (Å²) in [6.07, 6.45) is 2.14. The van der Waals surface area contributed by atoms with E-state index in [9.17, 15) is 18.0 Å². The topological polar surface area (TPSA) is 91.8 Å². The van der Waals surface area contributed by atoms with Gasteiger partial charge in [0, 0.05) is 13.1 Å². The van der Waals surface area contributed by atoms with Crippen LogP contribution in [0.1, 0.15) is 32.6 Å². The van der Waals surface area contributed by atoms with E-state index in [-0.39, 0.29) is 5.75 Å². The smallest absolute Gasteiger partial charge is 0.306 e. The predicted molar refractivity (Wildman–Crippen MR) is 70.5 cm³/mol. The number of carbonyl (C=O) groups is 2. The largest absolute Gasteiger partial charge is 0.481 e. The lowest BCUT2D eigenvalue weighted by Crippen LogP contribution is -2.43. The molecule has 0 unspecified atom stereocenters. The van der Waals surface area contributed by atoms with Gasteiger partial charge < -0.3 is 10.0 Å². The Morgan fingerprint density at radius 1 is 1.26 bits per heavy atom. The van der Waals surface area contributed by atoms with Crippen LogP contribution >= 0.6 is 0 Å². The first-order valence-corrected chi connectivity index (χ1v) is 8.39. The zero-order chi connectivity index (χ0) is 14.5. The van der Waals surface area contributed by atoms with Gasteiger partial charge in [-0.3, -0.25) is 9.59 Å². The van der Waals surface area contributed by atoms with Crippen LogP contribution in [0.3, 0.4) is 0 Å². The lowest BCUT2D eigenvalue weighted by molar-refractivity contribution is -0.145. The third-order valence-electron chi connectivity index (χ3n) is 3.35. The van der Waals surface area contributed by atoms with Crippen LogP contribution in [0.15, 0.2) is 0 Å². The zero-order valence-corrected chi connectivity index (χ0v) is 12.0. The molecule has 1 amide bonds. The number of likely N-dealkylation sites (tertiary alicyclic amines) is 1. The maximum absolute atomic E-state index is 11.9. The summed E-state index contributed by atoms with van der Waals surface area (Å²) in [6, 6.07) is 0. The van der Waals surface area contributed by atoms with Gasteiger partial charge in [0.25, 0.3) is 0 Å². The van der Waals surface area contributed by atoms with Crippen molar-refractivity contribution in [3.05, 3.63) is 0 Å². The summed E-state index contributed by atoms with van der Waals surface area (Å²) >= 11 is 0. The molecular formula is C12H21NO5S. The van der Waals surface area contributed by atoms with Crippen LogP contribution in [-0.2, 0) is 19.4 Å². The van der Waals surface area contributed by atoms with Gasteiger partial charge in [-0.1, -0.05) is 13.3 Å². The first-order chi connectivity index (χ1) is 8.85. The second-order valence-corrected chi connectivity index (χ2v) is 7.12. The van der Waals surface area contributed by atoms with Crippen LogP contribution in [0, 0.1) is 5.92 Å². The van der Waals surface area contributed by atoms with Crippen molar-refractivity contribution < 1.29 is 23.1 Å². The summed E-state index contributed by atoms with van der Waals surface area (Å²) in [5.74, 6) is -2.07. The Kier molecular flexibility index (Phi) is 5.78. The molecule has 1 rings (SSSR count). The van der Waals surface area contributed by atoms with Crippen LogP contribution < -0.4 is 0 Å². The average molecular weight is 291 g/mol. The van der Waals surface area contributed by atoms with Crippen LogP contribution in [-0.4, -0.2) is 54.9 Å². The zero-order valence-electron chi connectivity index (χ0n) is 11.2. The third-order valence-corrected chi connectivity index (χ3v) is 4.95. The van der Waals surface area contributed by atoms with Crippen molar-refractivity contribution in [2.45, 2.75) is 32.6 Å². The second kappa shape index (κ2) is 6.88. The lowest BCUT2D eigenvalue weighted by atomic mass is 9.97. The van der Waals surface area contributed by atoms with Crippen LogP contribution in [0.4, 0.5) is 0 Å². The maximum Gasteiger partial charge on any atom is 0.306 e. The van der Waals surface area contributed by atoms with Crippen molar-refractivity contribution in [2.24, 2.45) is 5.92 Å². The molecule has 1 heterocycles. The highest BCUT2D eigenvalue weighted by Gasteiger charge is 2.28. The van der Waals surface area contributed by atoms with E-state index in [2.05, 4.69) is 0 Å². The average Bonchev–Trinajstić information content (AvgIpc) is 2.36. The van der Waals surface area contributed by atoms with Crippen LogP contribution in [0.2, 0.25) is 0 Å². The molecule has 1 N–H and O–H groups in total. The highest BCUT2D eigenvalue weighted by Crippen LogP contribution is 2.17. The number of unbranched alkanes of at least 4 members (excludes halogenated alkanes) is 1. The van der Waals surface area contributed by atoms with Gasteiger partial charge in [-0.2, -0.15) is 0 Å². The van der Waals surface area contributed by atoms with E-state index < -0.39 is 33.4 Å². The van der Waals surface area contributed by atoms with Gasteiger partial charge in [-0.05, 0) is 19.3 Å². The first-order valence-electron chi connectivity index (χ1n) is 6.56. The number of sulfone groups is 1. The number of hydrogen-bond donors (Lipinski definition) is 1. The van der Waals surface area contributed by atoms with E-state index >= 15 is 0 Å². The summed E-state index contributed by atoms with van der Waals surface area (Å²) in [7, 11) is -3.33. The molecule has 1 fully saturated rings. The van der Waals surface area contributed by atoms with Crippen LogP contribution in [0.25, 0.3) is 0 Å². The van der Waals surface area contributed by atoms with Gasteiger partial charge in [0.1, 0.15) is 5.75 Å². The van der Waals surface area contributed by atoms with Gasteiger partial charge in [0.05, 0.1) is 11.7 Å². The molecule has 0 aliphatic carbocycles. The monoisotopic (exact) mass is 291 g/mol. The van der Waals surface area contributed by atoms with E-state index in [1.54, 1.807) is 0 Å². The Morgan fingerprint density at radius 2 is 1.84 bits per heavy atom. The molecule has 0 aromatic heterocycles. The number of carbonyl (C=O) groups excluding carboxylic acids is 1. The minimum Gasteiger partial charge on any atom is -0.481 e. The Morgan fingerprint density at radius 3 is 2.32 bits per heavy atom. The van der Waals surface area contributed by atoms with E-state index in [1.807, 2.05) is 6.92 Å². The molecule has 1 aliphatic rings. The van der Waals surface area contributed by atoms with Gasteiger partial charge in [-0.25, -0.2) is 8.42 Å². The summed E-state index contributed by atoms with van der Waals surface area (Å²) in [4.78, 5) is 24.1. The molecule has 0 atom stereocenters. The van der Waals surface area contributed by atoms with Crippen molar-refractivity contribution in [1.82, 2.24) is 4.90 Å². The minimum atomic E-state index is -3.33. The summed E-state index contributed by atoms with van der Waals surface area (Å²) in [6.45, 7) is 2.56. The second-order valence-electron chi connectivity index (χ2n) is 4.94. The number of piperidine rings is 1. The Balaban J connectivity index is 2.45. The highest BCUT2D eigenvalue weighted by atomic mass is 32.2. The summed E-state index contributed by atoms with van der Waals surface area (Å²) < 4.78 is 23.3. The molecule has 110 valence electrons. The van der Waals surface area contributed by atoms with E-state index in [0.29, 0.717) is 32.4 Å².